The van der Waals surface area contributed by atoms with E-state index in [1.807, 2.05) is 0 Å². The Labute approximate surface area is 124 Å². The van der Waals surface area contributed by atoms with Crippen LogP contribution in [0.3, 0.4) is 0 Å². The molecule has 0 aliphatic carbocycles. The van der Waals surface area contributed by atoms with Gasteiger partial charge >= 0.3 is 5.97 Å². The van der Waals surface area contributed by atoms with Gasteiger partial charge in [0.15, 0.2) is 5.78 Å². The van der Waals surface area contributed by atoms with Gasteiger partial charge in [-0.15, -0.1) is 0 Å². The maximum absolute atomic E-state index is 12.0. The molecule has 0 heterocycles. The van der Waals surface area contributed by atoms with Gasteiger partial charge in [-0.05, 0) is 0 Å². The molecule has 0 amide bonds. The zero-order chi connectivity index (χ0) is 14.2. The summed E-state index contributed by atoms with van der Waals surface area (Å²) in [7, 11) is 0. The van der Waals surface area contributed by atoms with Gasteiger partial charge in [0.25, 0.3) is 0 Å². The monoisotopic (exact) mass is 328 g/mol. The van der Waals surface area contributed by atoms with E-state index < -0.39 is 23.2 Å². The molecule has 18 heavy (non-hydrogen) atoms. The van der Waals surface area contributed by atoms with E-state index in [-0.39, 0.29) is 25.7 Å². The number of benzene rings is 1. The zero-order valence-electron chi connectivity index (χ0n) is 9.35. The van der Waals surface area contributed by atoms with Crippen LogP contribution in [0.5, 0.6) is 0 Å². The fourth-order valence-electron chi connectivity index (χ4n) is 1.35. The highest BCUT2D eigenvalue weighted by atomic mass is 35.5. The molecule has 0 saturated carbocycles. The molecule has 0 bridgehead atoms. The third-order valence-corrected chi connectivity index (χ3v) is 4.05. The van der Waals surface area contributed by atoms with Crippen LogP contribution in [0, 0.1) is 5.92 Å². The molecule has 0 fully saturated rings. The summed E-state index contributed by atoms with van der Waals surface area (Å²) in [4.78, 5) is 23.2. The summed E-state index contributed by atoms with van der Waals surface area (Å²) in [5.74, 6) is -2.30. The summed E-state index contributed by atoms with van der Waals surface area (Å²) < 4.78 is 0. The predicted octanol–water partition coefficient (Wildman–Crippen LogP) is 4.84. The maximum atomic E-state index is 12.0. The van der Waals surface area contributed by atoms with Crippen LogP contribution in [0.25, 0.3) is 0 Å². The first-order valence-corrected chi connectivity index (χ1v) is 6.34. The average Bonchev–Trinajstić information content (AvgIpc) is 2.29. The van der Waals surface area contributed by atoms with Crippen molar-refractivity contribution in [2.24, 2.45) is 5.92 Å². The van der Waals surface area contributed by atoms with Crippen molar-refractivity contribution >= 4 is 58.2 Å². The van der Waals surface area contributed by atoms with E-state index in [1.165, 1.54) is 0 Å². The second-order valence-corrected chi connectivity index (χ2v) is 5.34. The number of carboxylic acid groups (broad SMARTS) is 1. The summed E-state index contributed by atoms with van der Waals surface area (Å²) in [6, 6.07) is 0. The summed E-state index contributed by atoms with van der Waals surface area (Å²) in [5.41, 5.74) is -0.631. The van der Waals surface area contributed by atoms with E-state index in [4.69, 9.17) is 51.5 Å². The maximum Gasteiger partial charge on any atom is 0.338 e. The highest BCUT2D eigenvalue weighted by Gasteiger charge is 2.29. The number of Topliss-reactive ketones (excluding diaryl/α,β-unsaturated/α-hetero) is 1. The Hall–Kier alpha value is -0.480. The molecule has 1 rings (SSSR count). The lowest BCUT2D eigenvalue weighted by molar-refractivity contribution is 0.0691. The lowest BCUT2D eigenvalue weighted by Gasteiger charge is -2.14. The van der Waals surface area contributed by atoms with Gasteiger partial charge in [-0.3, -0.25) is 4.79 Å². The van der Waals surface area contributed by atoms with E-state index in [0.29, 0.717) is 0 Å². The summed E-state index contributed by atoms with van der Waals surface area (Å²) in [6.45, 7) is 3.22. The van der Waals surface area contributed by atoms with Crippen molar-refractivity contribution in [3.05, 3.63) is 31.2 Å². The number of halogens is 4. The lowest BCUT2D eigenvalue weighted by Crippen LogP contribution is -2.15. The van der Waals surface area contributed by atoms with E-state index >= 15 is 0 Å². The van der Waals surface area contributed by atoms with Gasteiger partial charge in [0.05, 0.1) is 31.2 Å². The lowest BCUT2D eigenvalue weighted by atomic mass is 9.96. The van der Waals surface area contributed by atoms with Crippen molar-refractivity contribution in [3.63, 3.8) is 0 Å². The summed E-state index contributed by atoms with van der Waals surface area (Å²) >= 11 is 23.3. The number of carbonyl (C=O) groups excluding carboxylic acids is 1. The Morgan fingerprint density at radius 2 is 1.28 bits per heavy atom. The molecule has 0 aromatic heterocycles. The molecule has 0 saturated heterocycles. The number of hydrogen-bond acceptors (Lipinski definition) is 2. The minimum Gasteiger partial charge on any atom is -0.478 e. The summed E-state index contributed by atoms with van der Waals surface area (Å²) in [5, 5.41) is 8.33. The largest absolute Gasteiger partial charge is 0.478 e. The number of carboxylic acids is 1. The van der Waals surface area contributed by atoms with Crippen LogP contribution in [0.15, 0.2) is 0 Å². The molecule has 0 unspecified atom stereocenters. The molecule has 98 valence electrons. The minimum absolute atomic E-state index is 0.127. The number of ketones is 1. The number of hydrogen-bond donors (Lipinski definition) is 1. The summed E-state index contributed by atoms with van der Waals surface area (Å²) in [6.07, 6.45) is 0. The molecule has 7 heteroatoms. The second kappa shape index (κ2) is 5.66. The molecule has 0 radical (unpaired) electrons. The Balaban J connectivity index is 3.78. The Morgan fingerprint density at radius 3 is 1.61 bits per heavy atom. The molecule has 0 aliphatic rings. The van der Waals surface area contributed by atoms with Gasteiger partial charge in [0, 0.05) is 5.92 Å². The van der Waals surface area contributed by atoms with Crippen LogP contribution in [0.1, 0.15) is 34.6 Å². The normalized spacial score (nSPS) is 10.8. The average molecular weight is 330 g/mol. The Bertz CT molecular complexity index is 538. The Kier molecular flexibility index (Phi) is 4.90. The van der Waals surface area contributed by atoms with Crippen LogP contribution in [-0.4, -0.2) is 16.9 Å². The van der Waals surface area contributed by atoms with Gasteiger partial charge in [0.2, 0.25) is 0 Å². The van der Waals surface area contributed by atoms with E-state index in [9.17, 15) is 9.59 Å². The fourth-order valence-corrected chi connectivity index (χ4v) is 2.38. The van der Waals surface area contributed by atoms with Crippen LogP contribution < -0.4 is 0 Å². The van der Waals surface area contributed by atoms with Gasteiger partial charge in [0.1, 0.15) is 0 Å². The van der Waals surface area contributed by atoms with Crippen molar-refractivity contribution in [2.45, 2.75) is 13.8 Å². The molecular weight excluding hydrogens is 322 g/mol. The van der Waals surface area contributed by atoms with Crippen molar-refractivity contribution in [2.75, 3.05) is 0 Å². The highest BCUT2D eigenvalue weighted by molar-refractivity contribution is 6.54. The molecule has 1 N–H and O–H groups in total. The minimum atomic E-state index is -1.38. The number of rotatable bonds is 3. The molecular formula is C11H8Cl4O3. The zero-order valence-corrected chi connectivity index (χ0v) is 12.4. The molecule has 0 aliphatic heterocycles. The van der Waals surface area contributed by atoms with Crippen molar-refractivity contribution in [1.82, 2.24) is 0 Å². The Morgan fingerprint density at radius 1 is 0.889 bits per heavy atom. The van der Waals surface area contributed by atoms with Crippen LogP contribution >= 0.6 is 46.4 Å². The van der Waals surface area contributed by atoms with Crippen LogP contribution in [0.2, 0.25) is 20.1 Å². The smallest absolute Gasteiger partial charge is 0.338 e. The van der Waals surface area contributed by atoms with Crippen LogP contribution in [-0.2, 0) is 0 Å². The molecule has 1 aromatic carbocycles. The van der Waals surface area contributed by atoms with Gasteiger partial charge in [-0.1, -0.05) is 60.3 Å². The first kappa shape index (κ1) is 15.6. The highest BCUT2D eigenvalue weighted by Crippen LogP contribution is 2.42. The molecule has 0 atom stereocenters. The predicted molar refractivity (Wildman–Crippen MR) is 72.6 cm³/mol. The van der Waals surface area contributed by atoms with Gasteiger partial charge in [-0.25, -0.2) is 4.79 Å². The molecule has 3 nitrogen and oxygen atoms in total. The first-order chi connectivity index (χ1) is 8.20. The molecule has 1 aromatic rings. The van der Waals surface area contributed by atoms with E-state index in [2.05, 4.69) is 0 Å². The number of carbonyl (C=O) groups is 2. The fraction of sp³-hybridized carbons (Fsp3) is 0.273. The number of aromatic carboxylic acids is 1. The first-order valence-electron chi connectivity index (χ1n) is 4.83. The third kappa shape index (κ3) is 2.59. The van der Waals surface area contributed by atoms with Crippen LogP contribution in [0.4, 0.5) is 0 Å². The SMILES string of the molecule is CC(C)C(=O)c1c(Cl)c(Cl)c(Cl)c(Cl)c1C(=O)O. The standard InChI is InChI=1S/C11H8Cl4O3/c1-3(2)10(16)4-5(11(17)18)7(13)9(15)8(14)6(4)12/h3H,1-2H3,(H,17,18). The third-order valence-electron chi connectivity index (χ3n) is 2.25. The van der Waals surface area contributed by atoms with E-state index in [0.717, 1.165) is 0 Å². The van der Waals surface area contributed by atoms with E-state index in [1.54, 1.807) is 13.8 Å². The van der Waals surface area contributed by atoms with Crippen molar-refractivity contribution < 1.29 is 14.7 Å². The topological polar surface area (TPSA) is 54.4 Å². The second-order valence-electron chi connectivity index (χ2n) is 3.83. The van der Waals surface area contributed by atoms with Crippen molar-refractivity contribution in [1.29, 1.82) is 0 Å². The quantitative estimate of drug-likeness (QED) is 0.490. The molecule has 0 spiro atoms. The van der Waals surface area contributed by atoms with Gasteiger partial charge < -0.3 is 5.11 Å². The van der Waals surface area contributed by atoms with Gasteiger partial charge in [-0.2, -0.15) is 0 Å². The van der Waals surface area contributed by atoms with Crippen molar-refractivity contribution in [3.8, 4) is 0 Å².